The van der Waals surface area contributed by atoms with Crippen molar-refractivity contribution in [2.75, 3.05) is 7.11 Å². The van der Waals surface area contributed by atoms with Crippen molar-refractivity contribution in [2.45, 2.75) is 32.2 Å². The van der Waals surface area contributed by atoms with Crippen LogP contribution in [0.15, 0.2) is 18.2 Å². The monoisotopic (exact) mass is 261 g/mol. The van der Waals surface area contributed by atoms with E-state index in [1.54, 1.807) is 0 Å². The summed E-state index contributed by atoms with van der Waals surface area (Å²) in [6, 6.07) is 5.64. The highest BCUT2D eigenvalue weighted by atomic mass is 16.5. The minimum atomic E-state index is -0.525. The van der Waals surface area contributed by atoms with Gasteiger partial charge in [-0.3, -0.25) is 4.79 Å². The largest absolute Gasteiger partial charge is 0.468 e. The Bertz CT molecular complexity index is 577. The normalized spacial score (nSPS) is 12.6. The van der Waals surface area contributed by atoms with E-state index in [1.165, 1.54) is 12.7 Å². The highest BCUT2D eigenvalue weighted by Gasteiger charge is 2.12. The van der Waals surface area contributed by atoms with Crippen molar-refractivity contribution in [3.63, 3.8) is 0 Å². The number of esters is 1. The summed E-state index contributed by atoms with van der Waals surface area (Å²) in [5.74, 6) is 0.569. The highest BCUT2D eigenvalue weighted by Crippen LogP contribution is 2.15. The lowest BCUT2D eigenvalue weighted by Gasteiger charge is -2.08. The van der Waals surface area contributed by atoms with Gasteiger partial charge in [0, 0.05) is 0 Å². The van der Waals surface area contributed by atoms with Gasteiger partial charge in [-0.25, -0.2) is 4.98 Å². The Hall–Kier alpha value is -1.88. The number of ether oxygens (including phenoxy) is 1. The lowest BCUT2D eigenvalue weighted by Crippen LogP contribution is -2.31. The average molecular weight is 261 g/mol. The molecular formula is C14H19N3O2. The second-order valence-electron chi connectivity index (χ2n) is 4.70. The van der Waals surface area contributed by atoms with E-state index in [0.717, 1.165) is 29.7 Å². The Labute approximate surface area is 112 Å². The molecule has 1 aromatic heterocycles. The first kappa shape index (κ1) is 13.5. The fraction of sp³-hybridized carbons (Fsp3) is 0.429. The van der Waals surface area contributed by atoms with Gasteiger partial charge < -0.3 is 15.5 Å². The zero-order valence-corrected chi connectivity index (χ0v) is 11.3. The first-order chi connectivity index (χ1) is 9.10. The van der Waals surface area contributed by atoms with Gasteiger partial charge in [0.25, 0.3) is 0 Å². The van der Waals surface area contributed by atoms with Crippen LogP contribution >= 0.6 is 0 Å². The number of hydrogen-bond donors (Lipinski definition) is 2. The Morgan fingerprint density at radius 2 is 2.32 bits per heavy atom. The number of hydrogen-bond acceptors (Lipinski definition) is 4. The molecule has 0 saturated heterocycles. The Morgan fingerprint density at radius 1 is 1.53 bits per heavy atom. The summed E-state index contributed by atoms with van der Waals surface area (Å²) < 4.78 is 4.60. The number of aromatic amines is 1. The van der Waals surface area contributed by atoms with Gasteiger partial charge >= 0.3 is 5.97 Å². The zero-order chi connectivity index (χ0) is 13.8. The maximum absolute atomic E-state index is 11.2. The molecular weight excluding hydrogens is 242 g/mol. The van der Waals surface area contributed by atoms with Crippen molar-refractivity contribution in [3.05, 3.63) is 29.6 Å². The maximum atomic E-state index is 11.2. The highest BCUT2D eigenvalue weighted by molar-refractivity contribution is 5.76. The van der Waals surface area contributed by atoms with E-state index in [1.807, 2.05) is 13.0 Å². The molecule has 0 aliphatic heterocycles. The molecule has 0 fully saturated rings. The number of aryl methyl sites for hydroxylation is 2. The van der Waals surface area contributed by atoms with Crippen LogP contribution in [-0.4, -0.2) is 29.1 Å². The number of fused-ring (bicyclic) bond motifs is 1. The number of carbonyl (C=O) groups is 1. The third kappa shape index (κ3) is 3.32. The molecule has 1 unspecified atom stereocenters. The smallest absolute Gasteiger partial charge is 0.322 e. The standard InChI is InChI=1S/C14H19N3O2/c1-9-16-12-7-6-10(8-13(12)17-9)4-3-5-11(15)14(18)19-2/h6-8,11H,3-5,15H2,1-2H3,(H,16,17). The number of nitrogens with zero attached hydrogens (tertiary/aromatic N) is 1. The predicted octanol–water partition coefficient (Wildman–Crippen LogP) is 1.69. The Balaban J connectivity index is 1.92. The lowest BCUT2D eigenvalue weighted by molar-refractivity contribution is -0.142. The molecule has 1 aromatic carbocycles. The van der Waals surface area contributed by atoms with Crippen LogP contribution in [0.25, 0.3) is 11.0 Å². The maximum Gasteiger partial charge on any atom is 0.322 e. The van der Waals surface area contributed by atoms with Crippen molar-refractivity contribution in [1.82, 2.24) is 9.97 Å². The molecule has 0 amide bonds. The fourth-order valence-corrected chi connectivity index (χ4v) is 2.14. The molecule has 2 aromatic rings. The number of aromatic nitrogens is 2. The molecule has 3 N–H and O–H groups in total. The number of imidazole rings is 1. The van der Waals surface area contributed by atoms with E-state index in [4.69, 9.17) is 5.73 Å². The van der Waals surface area contributed by atoms with Crippen LogP contribution in [0.5, 0.6) is 0 Å². The van der Waals surface area contributed by atoms with Crippen molar-refractivity contribution in [3.8, 4) is 0 Å². The second kappa shape index (κ2) is 5.84. The number of nitrogens with one attached hydrogen (secondary N) is 1. The number of methoxy groups -OCH3 is 1. The van der Waals surface area contributed by atoms with Crippen LogP contribution in [-0.2, 0) is 16.0 Å². The minimum Gasteiger partial charge on any atom is -0.468 e. The van der Waals surface area contributed by atoms with E-state index in [-0.39, 0.29) is 5.97 Å². The number of nitrogens with two attached hydrogens (primary N) is 1. The van der Waals surface area contributed by atoms with E-state index in [0.29, 0.717) is 6.42 Å². The molecule has 0 spiro atoms. The Morgan fingerprint density at radius 3 is 3.05 bits per heavy atom. The minimum absolute atomic E-state index is 0.348. The molecule has 5 nitrogen and oxygen atoms in total. The number of H-pyrrole nitrogens is 1. The third-order valence-electron chi connectivity index (χ3n) is 3.15. The van der Waals surface area contributed by atoms with Crippen LogP contribution in [0, 0.1) is 6.92 Å². The van der Waals surface area contributed by atoms with Gasteiger partial charge in [-0.05, 0) is 43.9 Å². The molecule has 0 radical (unpaired) electrons. The summed E-state index contributed by atoms with van der Waals surface area (Å²) in [7, 11) is 1.36. The summed E-state index contributed by atoms with van der Waals surface area (Å²) >= 11 is 0. The van der Waals surface area contributed by atoms with E-state index in [9.17, 15) is 4.79 Å². The number of rotatable bonds is 5. The van der Waals surface area contributed by atoms with Crippen LogP contribution in [0.2, 0.25) is 0 Å². The summed E-state index contributed by atoms with van der Waals surface area (Å²) in [5, 5.41) is 0. The molecule has 0 saturated carbocycles. The predicted molar refractivity (Wildman–Crippen MR) is 73.8 cm³/mol. The van der Waals surface area contributed by atoms with Gasteiger partial charge in [0.1, 0.15) is 11.9 Å². The van der Waals surface area contributed by atoms with Gasteiger partial charge in [-0.1, -0.05) is 6.07 Å². The molecule has 0 aliphatic rings. The van der Waals surface area contributed by atoms with Gasteiger partial charge in [-0.2, -0.15) is 0 Å². The Kier molecular flexibility index (Phi) is 4.16. The zero-order valence-electron chi connectivity index (χ0n) is 11.3. The molecule has 1 atom stereocenters. The molecule has 5 heteroatoms. The van der Waals surface area contributed by atoms with Crippen molar-refractivity contribution in [2.24, 2.45) is 5.73 Å². The SMILES string of the molecule is COC(=O)C(N)CCCc1ccc2nc(C)[nH]c2c1. The van der Waals surface area contributed by atoms with Crippen molar-refractivity contribution >= 4 is 17.0 Å². The molecule has 0 bridgehead atoms. The van der Waals surface area contributed by atoms with Crippen LogP contribution in [0.3, 0.4) is 0 Å². The summed E-state index contributed by atoms with van der Waals surface area (Å²) in [4.78, 5) is 18.7. The lowest BCUT2D eigenvalue weighted by atomic mass is 10.0. The molecule has 102 valence electrons. The fourth-order valence-electron chi connectivity index (χ4n) is 2.14. The molecule has 19 heavy (non-hydrogen) atoms. The van der Waals surface area contributed by atoms with E-state index >= 15 is 0 Å². The van der Waals surface area contributed by atoms with Crippen LogP contribution in [0.4, 0.5) is 0 Å². The van der Waals surface area contributed by atoms with Crippen LogP contribution < -0.4 is 5.73 Å². The second-order valence-corrected chi connectivity index (χ2v) is 4.70. The van der Waals surface area contributed by atoms with Gasteiger partial charge in [0.2, 0.25) is 0 Å². The van der Waals surface area contributed by atoms with E-state index < -0.39 is 6.04 Å². The van der Waals surface area contributed by atoms with Crippen LogP contribution in [0.1, 0.15) is 24.2 Å². The van der Waals surface area contributed by atoms with Crippen molar-refractivity contribution in [1.29, 1.82) is 0 Å². The van der Waals surface area contributed by atoms with Crippen molar-refractivity contribution < 1.29 is 9.53 Å². The first-order valence-corrected chi connectivity index (χ1v) is 6.39. The summed E-state index contributed by atoms with van der Waals surface area (Å²) in [6.45, 7) is 1.94. The van der Waals surface area contributed by atoms with E-state index in [2.05, 4.69) is 26.8 Å². The first-order valence-electron chi connectivity index (χ1n) is 6.39. The van der Waals surface area contributed by atoms with Gasteiger partial charge in [-0.15, -0.1) is 0 Å². The number of benzene rings is 1. The molecule has 0 aliphatic carbocycles. The molecule has 2 rings (SSSR count). The summed E-state index contributed by atoms with van der Waals surface area (Å²) in [6.07, 6.45) is 2.38. The molecule has 1 heterocycles. The topological polar surface area (TPSA) is 81.0 Å². The average Bonchev–Trinajstić information content (AvgIpc) is 2.77. The quantitative estimate of drug-likeness (QED) is 0.803. The number of carbonyl (C=O) groups excluding carboxylic acids is 1. The summed E-state index contributed by atoms with van der Waals surface area (Å²) in [5.41, 5.74) is 8.94. The van der Waals surface area contributed by atoms with Gasteiger partial charge in [0.15, 0.2) is 0 Å². The third-order valence-corrected chi connectivity index (χ3v) is 3.15. The van der Waals surface area contributed by atoms with Gasteiger partial charge in [0.05, 0.1) is 18.1 Å².